The van der Waals surface area contributed by atoms with E-state index in [9.17, 15) is 0 Å². The van der Waals surface area contributed by atoms with E-state index in [1.54, 1.807) is 11.1 Å². The molecule has 0 aromatic rings. The summed E-state index contributed by atoms with van der Waals surface area (Å²) in [7, 11) is 0. The summed E-state index contributed by atoms with van der Waals surface area (Å²) < 4.78 is 0. The molecule has 0 bridgehead atoms. The molecule has 4 rings (SSSR count). The molecule has 0 nitrogen and oxygen atoms in total. The maximum atomic E-state index is 4.29. The van der Waals surface area contributed by atoms with Crippen LogP contribution in [0.2, 0.25) is 0 Å². The Morgan fingerprint density at radius 2 is 1.00 bits per heavy atom. The highest BCUT2D eigenvalue weighted by Gasteiger charge is 2.37. The molecule has 2 saturated carbocycles. The maximum absolute atomic E-state index is 4.29. The van der Waals surface area contributed by atoms with Gasteiger partial charge in [-0.1, -0.05) is 75.3 Å². The first kappa shape index (κ1) is 23.6. The van der Waals surface area contributed by atoms with Crippen LogP contribution in [0.4, 0.5) is 0 Å². The number of hydrogen-bond acceptors (Lipinski definition) is 0. The van der Waals surface area contributed by atoms with Crippen LogP contribution in [0, 0.1) is 47.3 Å². The van der Waals surface area contributed by atoms with Crippen molar-refractivity contribution in [3.8, 4) is 0 Å². The van der Waals surface area contributed by atoms with E-state index in [4.69, 9.17) is 0 Å². The molecule has 0 aromatic heterocycles. The fourth-order valence-electron chi connectivity index (χ4n) is 7.02. The maximum Gasteiger partial charge on any atom is -0.0134 e. The lowest BCUT2D eigenvalue weighted by Crippen LogP contribution is -2.33. The summed E-state index contributed by atoms with van der Waals surface area (Å²) in [6.07, 6.45) is 15.7. The van der Waals surface area contributed by atoms with Crippen LogP contribution in [0.5, 0.6) is 0 Å². The van der Waals surface area contributed by atoms with E-state index >= 15 is 0 Å². The predicted octanol–water partition coefficient (Wildman–Crippen LogP) is 9.16. The van der Waals surface area contributed by atoms with Gasteiger partial charge in [-0.3, -0.25) is 0 Å². The molecule has 0 heterocycles. The Kier molecular flexibility index (Phi) is 7.92. The largest absolute Gasteiger partial charge is 0.0996 e. The first-order chi connectivity index (χ1) is 14.2. The molecule has 30 heavy (non-hydrogen) atoms. The van der Waals surface area contributed by atoms with Crippen LogP contribution in [0.3, 0.4) is 0 Å². The SMILES string of the molecule is C=C1CC[C@@H](C(C)C)[C@@H]2C=C(C)CC[C@@H]12.C=C1CC[C@H](C(C)C)[C@H]2C=C(C)CC[C@H]12. The van der Waals surface area contributed by atoms with Gasteiger partial charge in [-0.05, 0) is 113 Å². The molecule has 0 aromatic carbocycles. The lowest BCUT2D eigenvalue weighted by Gasteiger charge is -2.43. The summed E-state index contributed by atoms with van der Waals surface area (Å²) in [5, 5.41) is 0. The Hall–Kier alpha value is -1.04. The summed E-state index contributed by atoms with van der Waals surface area (Å²) in [4.78, 5) is 0. The zero-order valence-electron chi connectivity index (χ0n) is 20.8. The molecule has 0 heteroatoms. The van der Waals surface area contributed by atoms with Crippen LogP contribution in [0.1, 0.15) is 92.9 Å². The summed E-state index contributed by atoms with van der Waals surface area (Å²) >= 11 is 0. The second-order valence-corrected chi connectivity index (χ2v) is 11.7. The second kappa shape index (κ2) is 10.1. The Morgan fingerprint density at radius 3 is 1.33 bits per heavy atom. The van der Waals surface area contributed by atoms with Crippen molar-refractivity contribution in [2.45, 2.75) is 92.9 Å². The summed E-state index contributed by atoms with van der Waals surface area (Å²) in [6, 6.07) is 0. The Balaban J connectivity index is 0.000000171. The van der Waals surface area contributed by atoms with Gasteiger partial charge in [-0.2, -0.15) is 0 Å². The molecule has 0 spiro atoms. The third-order valence-electron chi connectivity index (χ3n) is 8.93. The minimum absolute atomic E-state index is 0.801. The topological polar surface area (TPSA) is 0 Å². The summed E-state index contributed by atoms with van der Waals surface area (Å²) in [5.74, 6) is 6.66. The van der Waals surface area contributed by atoms with Gasteiger partial charge in [0, 0.05) is 0 Å². The molecule has 0 N–H and O–H groups in total. The van der Waals surface area contributed by atoms with Crippen molar-refractivity contribution in [2.24, 2.45) is 47.3 Å². The minimum atomic E-state index is 0.801. The van der Waals surface area contributed by atoms with Gasteiger partial charge in [0.25, 0.3) is 0 Å². The molecule has 0 radical (unpaired) electrons. The monoisotopic (exact) mass is 408 g/mol. The van der Waals surface area contributed by atoms with Gasteiger partial charge in [-0.15, -0.1) is 0 Å². The van der Waals surface area contributed by atoms with E-state index in [-0.39, 0.29) is 0 Å². The lowest BCUT2D eigenvalue weighted by molar-refractivity contribution is 0.179. The average Bonchev–Trinajstić information content (AvgIpc) is 2.68. The number of allylic oxidation sites excluding steroid dienone is 6. The van der Waals surface area contributed by atoms with Crippen LogP contribution in [0.15, 0.2) is 47.6 Å². The zero-order valence-corrected chi connectivity index (χ0v) is 20.8. The van der Waals surface area contributed by atoms with Crippen LogP contribution >= 0.6 is 0 Å². The van der Waals surface area contributed by atoms with Gasteiger partial charge >= 0.3 is 0 Å². The van der Waals surface area contributed by atoms with Crippen molar-refractivity contribution < 1.29 is 0 Å². The van der Waals surface area contributed by atoms with E-state index in [1.165, 1.54) is 62.5 Å². The van der Waals surface area contributed by atoms with Crippen LogP contribution in [-0.4, -0.2) is 0 Å². The Bertz CT molecular complexity index is 625. The molecule has 4 aliphatic carbocycles. The number of hydrogen-bond donors (Lipinski definition) is 0. The van der Waals surface area contributed by atoms with Gasteiger partial charge in [-0.25, -0.2) is 0 Å². The average molecular weight is 409 g/mol. The first-order valence-electron chi connectivity index (χ1n) is 12.9. The van der Waals surface area contributed by atoms with E-state index in [2.05, 4.69) is 66.9 Å². The molecule has 0 aliphatic heterocycles. The molecule has 0 amide bonds. The smallest absolute Gasteiger partial charge is 0.0134 e. The van der Waals surface area contributed by atoms with Gasteiger partial charge in [0.1, 0.15) is 0 Å². The van der Waals surface area contributed by atoms with E-state index in [0.29, 0.717) is 0 Å². The molecule has 2 fully saturated rings. The molecule has 0 unspecified atom stereocenters. The van der Waals surface area contributed by atoms with E-state index in [1.807, 2.05) is 0 Å². The van der Waals surface area contributed by atoms with Gasteiger partial charge in [0.05, 0.1) is 0 Å². The van der Waals surface area contributed by atoms with Crippen molar-refractivity contribution >= 4 is 0 Å². The van der Waals surface area contributed by atoms with Gasteiger partial charge in [0.15, 0.2) is 0 Å². The van der Waals surface area contributed by atoms with Crippen LogP contribution in [0.25, 0.3) is 0 Å². The molecule has 0 saturated heterocycles. The third kappa shape index (κ3) is 5.23. The fraction of sp³-hybridized carbons (Fsp3) is 0.733. The molecule has 6 atom stereocenters. The molecule has 168 valence electrons. The van der Waals surface area contributed by atoms with Gasteiger partial charge < -0.3 is 0 Å². The summed E-state index contributed by atoms with van der Waals surface area (Å²) in [6.45, 7) is 22.7. The third-order valence-corrected chi connectivity index (χ3v) is 8.93. The van der Waals surface area contributed by atoms with Crippen molar-refractivity contribution in [1.29, 1.82) is 0 Å². The number of rotatable bonds is 2. The minimum Gasteiger partial charge on any atom is -0.0996 e. The highest BCUT2D eigenvalue weighted by atomic mass is 14.4. The van der Waals surface area contributed by atoms with Crippen molar-refractivity contribution in [1.82, 2.24) is 0 Å². The second-order valence-electron chi connectivity index (χ2n) is 11.7. The van der Waals surface area contributed by atoms with Crippen LogP contribution < -0.4 is 0 Å². The number of fused-ring (bicyclic) bond motifs is 2. The standard InChI is InChI=1S/2C15H24/c2*1-10(2)13-8-6-12(4)14-7-5-11(3)9-15(13)14/h2*9-10,13-15H,4-8H2,1-3H3/t2*13-,14-,15-/m10/s1. The molecular formula is C30H48. The van der Waals surface area contributed by atoms with E-state index in [0.717, 1.165) is 47.3 Å². The van der Waals surface area contributed by atoms with Crippen LogP contribution in [-0.2, 0) is 0 Å². The highest BCUT2D eigenvalue weighted by Crippen LogP contribution is 2.48. The Morgan fingerprint density at radius 1 is 0.633 bits per heavy atom. The summed E-state index contributed by atoms with van der Waals surface area (Å²) in [5.41, 5.74) is 6.27. The molecular weight excluding hydrogens is 360 g/mol. The quantitative estimate of drug-likeness (QED) is 0.399. The van der Waals surface area contributed by atoms with Crippen molar-refractivity contribution in [3.63, 3.8) is 0 Å². The predicted molar refractivity (Wildman–Crippen MR) is 133 cm³/mol. The zero-order chi connectivity index (χ0) is 22.0. The van der Waals surface area contributed by atoms with Gasteiger partial charge in [0.2, 0.25) is 0 Å². The van der Waals surface area contributed by atoms with Crippen molar-refractivity contribution in [2.75, 3.05) is 0 Å². The van der Waals surface area contributed by atoms with Crippen molar-refractivity contribution in [3.05, 3.63) is 47.6 Å². The first-order valence-corrected chi connectivity index (χ1v) is 12.9. The Labute approximate surface area is 188 Å². The fourth-order valence-corrected chi connectivity index (χ4v) is 7.02. The molecule has 4 aliphatic rings. The lowest BCUT2D eigenvalue weighted by atomic mass is 9.62. The highest BCUT2D eigenvalue weighted by molar-refractivity contribution is 5.20. The van der Waals surface area contributed by atoms with E-state index < -0.39 is 0 Å². The normalized spacial score (nSPS) is 36.4.